The molecular formula is C15H22N2O3S. The van der Waals surface area contributed by atoms with Crippen LogP contribution >= 0.6 is 11.8 Å². The Balaban J connectivity index is 1.70. The first-order valence-corrected chi connectivity index (χ1v) is 8.44. The molecule has 2 aliphatic rings. The first-order chi connectivity index (χ1) is 10.1. The summed E-state index contributed by atoms with van der Waals surface area (Å²) in [6, 6.07) is 0.483. The minimum absolute atomic E-state index is 0.122. The SMILES string of the molecule is COC(=O)C1(NC2CC2)CCCC(Sc2nc(C)co2)C1. The van der Waals surface area contributed by atoms with Crippen molar-refractivity contribution in [1.29, 1.82) is 0 Å². The third kappa shape index (κ3) is 3.43. The van der Waals surface area contributed by atoms with Crippen molar-refractivity contribution in [3.63, 3.8) is 0 Å². The lowest BCUT2D eigenvalue weighted by molar-refractivity contribution is -0.150. The predicted molar refractivity (Wildman–Crippen MR) is 80.3 cm³/mol. The van der Waals surface area contributed by atoms with Crippen LogP contribution < -0.4 is 5.32 Å². The van der Waals surface area contributed by atoms with Crippen LogP contribution in [0.2, 0.25) is 0 Å². The molecule has 1 heterocycles. The largest absolute Gasteiger partial charge is 0.468 e. The van der Waals surface area contributed by atoms with Gasteiger partial charge in [-0.05, 0) is 45.4 Å². The molecule has 2 saturated carbocycles. The predicted octanol–water partition coefficient (Wildman–Crippen LogP) is 2.68. The van der Waals surface area contributed by atoms with Crippen molar-refractivity contribution in [1.82, 2.24) is 10.3 Å². The number of ether oxygens (including phenoxy) is 1. The van der Waals surface area contributed by atoms with Crippen LogP contribution in [0.25, 0.3) is 0 Å². The van der Waals surface area contributed by atoms with Crippen LogP contribution in [0.15, 0.2) is 15.9 Å². The standard InChI is InChI=1S/C15H22N2O3S/c1-10-9-20-14(16-10)21-12-4-3-7-15(8-12,13(18)19-2)17-11-5-6-11/h9,11-12,17H,3-8H2,1-2H3. The van der Waals surface area contributed by atoms with Gasteiger partial charge in [0.25, 0.3) is 5.22 Å². The van der Waals surface area contributed by atoms with Crippen molar-refractivity contribution in [2.75, 3.05) is 7.11 Å². The van der Waals surface area contributed by atoms with Gasteiger partial charge in [0.05, 0.1) is 12.8 Å². The van der Waals surface area contributed by atoms with Gasteiger partial charge in [0.2, 0.25) is 0 Å². The summed E-state index contributed by atoms with van der Waals surface area (Å²) in [4.78, 5) is 16.7. The monoisotopic (exact) mass is 310 g/mol. The van der Waals surface area contributed by atoms with E-state index < -0.39 is 5.54 Å². The quantitative estimate of drug-likeness (QED) is 0.844. The average Bonchev–Trinajstić information content (AvgIpc) is 3.19. The van der Waals surface area contributed by atoms with Crippen LogP contribution in [-0.2, 0) is 9.53 Å². The van der Waals surface area contributed by atoms with E-state index in [1.54, 1.807) is 18.0 Å². The number of esters is 1. The molecule has 0 aromatic carbocycles. The summed E-state index contributed by atoms with van der Waals surface area (Å²) >= 11 is 1.64. The van der Waals surface area contributed by atoms with E-state index in [-0.39, 0.29) is 5.97 Å². The van der Waals surface area contributed by atoms with Crippen molar-refractivity contribution in [3.8, 4) is 0 Å². The maximum absolute atomic E-state index is 12.3. The Kier molecular flexibility index (Phi) is 4.26. The van der Waals surface area contributed by atoms with Gasteiger partial charge in [0.1, 0.15) is 11.8 Å². The second kappa shape index (κ2) is 6.01. The molecule has 1 N–H and O–H groups in total. The topological polar surface area (TPSA) is 64.4 Å². The highest BCUT2D eigenvalue weighted by Gasteiger charge is 2.47. The molecule has 2 unspecified atom stereocenters. The zero-order valence-corrected chi connectivity index (χ0v) is 13.4. The summed E-state index contributed by atoms with van der Waals surface area (Å²) < 4.78 is 10.5. The third-order valence-corrected chi connectivity index (χ3v) is 5.33. The lowest BCUT2D eigenvalue weighted by Crippen LogP contribution is -2.56. The third-order valence-electron chi connectivity index (χ3n) is 4.21. The second-order valence-corrected chi connectivity index (χ2v) is 7.33. The van der Waals surface area contributed by atoms with Crippen LogP contribution in [0.4, 0.5) is 0 Å². The molecule has 2 atom stereocenters. The molecule has 2 fully saturated rings. The number of nitrogens with one attached hydrogen (secondary N) is 1. The lowest BCUT2D eigenvalue weighted by atomic mass is 9.81. The Hall–Kier alpha value is -1.01. The first kappa shape index (κ1) is 14.9. The average molecular weight is 310 g/mol. The van der Waals surface area contributed by atoms with E-state index in [9.17, 15) is 4.79 Å². The Morgan fingerprint density at radius 1 is 1.52 bits per heavy atom. The van der Waals surface area contributed by atoms with Crippen LogP contribution in [0.1, 0.15) is 44.2 Å². The Morgan fingerprint density at radius 3 is 2.95 bits per heavy atom. The van der Waals surface area contributed by atoms with E-state index in [4.69, 9.17) is 9.15 Å². The van der Waals surface area contributed by atoms with Gasteiger partial charge in [0, 0.05) is 11.3 Å². The van der Waals surface area contributed by atoms with Crippen molar-refractivity contribution < 1.29 is 13.9 Å². The number of aromatic nitrogens is 1. The molecule has 1 aromatic heterocycles. The fourth-order valence-corrected chi connectivity index (χ4v) is 4.28. The number of carbonyl (C=O) groups is 1. The van der Waals surface area contributed by atoms with Crippen LogP contribution in [0.5, 0.6) is 0 Å². The second-order valence-electron chi connectivity index (χ2n) is 6.08. The molecule has 0 saturated heterocycles. The van der Waals surface area contributed by atoms with Crippen LogP contribution in [-0.4, -0.2) is 34.9 Å². The number of carbonyl (C=O) groups excluding carboxylic acids is 1. The highest BCUT2D eigenvalue weighted by atomic mass is 32.2. The van der Waals surface area contributed by atoms with E-state index in [2.05, 4.69) is 10.3 Å². The molecule has 21 heavy (non-hydrogen) atoms. The normalized spacial score (nSPS) is 29.3. The number of nitrogens with zero attached hydrogens (tertiary/aromatic N) is 1. The van der Waals surface area contributed by atoms with Crippen molar-refractivity contribution in [3.05, 3.63) is 12.0 Å². The van der Waals surface area contributed by atoms with Crippen LogP contribution in [0.3, 0.4) is 0 Å². The summed E-state index contributed by atoms with van der Waals surface area (Å²) in [7, 11) is 1.48. The van der Waals surface area contributed by atoms with Crippen molar-refractivity contribution in [2.24, 2.45) is 0 Å². The number of aryl methyl sites for hydroxylation is 1. The minimum atomic E-state index is -0.520. The van der Waals surface area contributed by atoms with E-state index in [0.717, 1.165) is 44.2 Å². The van der Waals surface area contributed by atoms with Gasteiger partial charge < -0.3 is 9.15 Å². The Morgan fingerprint density at radius 2 is 2.33 bits per heavy atom. The molecule has 0 bridgehead atoms. The van der Waals surface area contributed by atoms with E-state index >= 15 is 0 Å². The maximum atomic E-state index is 12.3. The molecule has 6 heteroatoms. The zero-order chi connectivity index (χ0) is 14.9. The van der Waals surface area contributed by atoms with Gasteiger partial charge in [-0.15, -0.1) is 0 Å². The molecule has 0 spiro atoms. The number of methoxy groups -OCH3 is 1. The molecule has 0 amide bonds. The zero-order valence-electron chi connectivity index (χ0n) is 12.6. The van der Waals surface area contributed by atoms with Gasteiger partial charge in [0.15, 0.2) is 0 Å². The summed E-state index contributed by atoms with van der Waals surface area (Å²) in [6.07, 6.45) is 7.73. The van der Waals surface area contributed by atoms with Gasteiger partial charge in [-0.2, -0.15) is 0 Å². The van der Waals surface area contributed by atoms with Gasteiger partial charge in [-0.3, -0.25) is 10.1 Å². The number of hydrogen-bond donors (Lipinski definition) is 1. The lowest BCUT2D eigenvalue weighted by Gasteiger charge is -2.38. The van der Waals surface area contributed by atoms with Crippen LogP contribution in [0, 0.1) is 6.92 Å². The summed E-state index contributed by atoms with van der Waals surface area (Å²) in [5, 5.41) is 4.57. The summed E-state index contributed by atoms with van der Waals surface area (Å²) in [5.41, 5.74) is 0.372. The van der Waals surface area contributed by atoms with Gasteiger partial charge in [-0.25, -0.2) is 4.98 Å². The van der Waals surface area contributed by atoms with Gasteiger partial charge >= 0.3 is 5.97 Å². The van der Waals surface area contributed by atoms with E-state index in [0.29, 0.717) is 16.5 Å². The molecular weight excluding hydrogens is 288 g/mol. The highest BCUT2D eigenvalue weighted by molar-refractivity contribution is 7.99. The molecule has 1 aromatic rings. The summed E-state index contributed by atoms with van der Waals surface area (Å²) in [5.74, 6) is -0.122. The van der Waals surface area contributed by atoms with Crippen molar-refractivity contribution in [2.45, 2.75) is 67.5 Å². The van der Waals surface area contributed by atoms with Gasteiger partial charge in [-0.1, -0.05) is 11.8 Å². The number of hydrogen-bond acceptors (Lipinski definition) is 6. The Bertz CT molecular complexity index is 515. The van der Waals surface area contributed by atoms with E-state index in [1.165, 1.54) is 7.11 Å². The molecule has 0 radical (unpaired) electrons. The first-order valence-electron chi connectivity index (χ1n) is 7.56. The van der Waals surface area contributed by atoms with E-state index in [1.807, 2.05) is 6.92 Å². The number of rotatable bonds is 5. The molecule has 5 nitrogen and oxygen atoms in total. The molecule has 2 aliphatic carbocycles. The maximum Gasteiger partial charge on any atom is 0.326 e. The highest BCUT2D eigenvalue weighted by Crippen LogP contribution is 2.40. The number of thioether (sulfide) groups is 1. The van der Waals surface area contributed by atoms with Crippen molar-refractivity contribution >= 4 is 17.7 Å². The fraction of sp³-hybridized carbons (Fsp3) is 0.733. The molecule has 3 rings (SSSR count). The summed E-state index contributed by atoms with van der Waals surface area (Å²) in [6.45, 7) is 1.92. The Labute approximate surface area is 129 Å². The smallest absolute Gasteiger partial charge is 0.326 e. The minimum Gasteiger partial charge on any atom is -0.468 e. The fourth-order valence-electron chi connectivity index (χ4n) is 3.04. The number of oxazole rings is 1. The molecule has 116 valence electrons. The molecule has 0 aliphatic heterocycles.